The van der Waals surface area contributed by atoms with Gasteiger partial charge >= 0.3 is 5.97 Å². The van der Waals surface area contributed by atoms with Crippen LogP contribution >= 0.6 is 0 Å². The van der Waals surface area contributed by atoms with Crippen molar-refractivity contribution < 1.29 is 19.5 Å². The lowest BCUT2D eigenvalue weighted by molar-refractivity contribution is -0.137. The summed E-state index contributed by atoms with van der Waals surface area (Å²) in [4.78, 5) is 14.8. The molecule has 0 aromatic rings. The normalized spacial score (nSPS) is 24.1. The Labute approximate surface area is 69.3 Å². The number of hydrogen-bond acceptors (Lipinski definition) is 4. The van der Waals surface area contributed by atoms with E-state index in [1.165, 1.54) is 13.4 Å². The van der Waals surface area contributed by atoms with E-state index >= 15 is 0 Å². The maximum atomic E-state index is 10.3. The van der Waals surface area contributed by atoms with Crippen LogP contribution in [-0.2, 0) is 14.4 Å². The second-order valence-electron chi connectivity index (χ2n) is 2.26. The van der Waals surface area contributed by atoms with Gasteiger partial charge in [0, 0.05) is 0 Å². The third-order valence-electron chi connectivity index (χ3n) is 1.39. The van der Waals surface area contributed by atoms with Gasteiger partial charge in [0.25, 0.3) is 0 Å². The van der Waals surface area contributed by atoms with Gasteiger partial charge in [-0.1, -0.05) is 5.16 Å². The average molecular weight is 171 g/mol. The van der Waals surface area contributed by atoms with E-state index in [-0.39, 0.29) is 12.3 Å². The molecular weight excluding hydrogens is 162 g/mol. The minimum Gasteiger partial charge on any atom is -0.481 e. The van der Waals surface area contributed by atoms with Crippen molar-refractivity contribution in [2.45, 2.75) is 6.42 Å². The summed E-state index contributed by atoms with van der Waals surface area (Å²) >= 11 is 0. The molecule has 66 valence electrons. The third-order valence-corrected chi connectivity index (χ3v) is 1.39. The van der Waals surface area contributed by atoms with Gasteiger partial charge in [0.05, 0.1) is 18.6 Å². The van der Waals surface area contributed by atoms with E-state index in [0.717, 1.165) is 0 Å². The molecule has 1 unspecified atom stereocenters. The standard InChI is InChI=1S/C7H9NO4/c1-11-8-7-5(2-3-12-7)4-6(9)10/h2-3,5H,4H2,1H3,(H,9,10). The van der Waals surface area contributed by atoms with Crippen LogP contribution in [0.25, 0.3) is 0 Å². The number of rotatable bonds is 3. The highest BCUT2D eigenvalue weighted by molar-refractivity contribution is 5.86. The van der Waals surface area contributed by atoms with Crippen molar-refractivity contribution in [2.24, 2.45) is 11.1 Å². The monoisotopic (exact) mass is 171 g/mol. The van der Waals surface area contributed by atoms with Crippen molar-refractivity contribution >= 4 is 11.9 Å². The highest BCUT2D eigenvalue weighted by Crippen LogP contribution is 2.16. The molecule has 0 saturated carbocycles. The predicted octanol–water partition coefficient (Wildman–Crippen LogP) is 0.581. The summed E-state index contributed by atoms with van der Waals surface area (Å²) in [6.45, 7) is 0. The fourth-order valence-electron chi connectivity index (χ4n) is 0.896. The summed E-state index contributed by atoms with van der Waals surface area (Å²) in [5.74, 6) is -0.902. The zero-order valence-electron chi connectivity index (χ0n) is 6.56. The Bertz CT molecular complexity index is 234. The number of aliphatic carboxylic acids is 1. The molecule has 1 N–H and O–H groups in total. The van der Waals surface area contributed by atoms with E-state index in [2.05, 4.69) is 9.99 Å². The Morgan fingerprint density at radius 2 is 2.67 bits per heavy atom. The lowest BCUT2D eigenvalue weighted by Gasteiger charge is -2.03. The van der Waals surface area contributed by atoms with E-state index in [9.17, 15) is 4.79 Å². The molecule has 0 bridgehead atoms. The molecule has 1 rings (SSSR count). The molecule has 1 heterocycles. The van der Waals surface area contributed by atoms with E-state index in [1.54, 1.807) is 6.08 Å². The van der Waals surface area contributed by atoms with Gasteiger partial charge in [0.1, 0.15) is 7.11 Å². The summed E-state index contributed by atoms with van der Waals surface area (Å²) in [6, 6.07) is 0. The van der Waals surface area contributed by atoms with Crippen molar-refractivity contribution in [1.29, 1.82) is 0 Å². The third kappa shape index (κ3) is 1.98. The van der Waals surface area contributed by atoms with Crippen molar-refractivity contribution in [3.05, 3.63) is 12.3 Å². The van der Waals surface area contributed by atoms with Crippen LogP contribution in [-0.4, -0.2) is 24.1 Å². The Kier molecular flexibility index (Phi) is 2.68. The van der Waals surface area contributed by atoms with Crippen LogP contribution in [0.5, 0.6) is 0 Å². The fourth-order valence-corrected chi connectivity index (χ4v) is 0.896. The maximum Gasteiger partial charge on any atom is 0.304 e. The molecule has 0 radical (unpaired) electrons. The number of hydrogen-bond donors (Lipinski definition) is 1. The molecule has 12 heavy (non-hydrogen) atoms. The van der Waals surface area contributed by atoms with E-state index in [4.69, 9.17) is 9.84 Å². The van der Waals surface area contributed by atoms with Crippen molar-refractivity contribution in [3.63, 3.8) is 0 Å². The van der Waals surface area contributed by atoms with Gasteiger partial charge in [-0.2, -0.15) is 0 Å². The first-order chi connectivity index (χ1) is 5.74. The molecule has 0 spiro atoms. The van der Waals surface area contributed by atoms with Crippen LogP contribution in [0.4, 0.5) is 0 Å². The summed E-state index contributed by atoms with van der Waals surface area (Å²) < 4.78 is 4.89. The minimum absolute atomic E-state index is 0.0291. The molecule has 0 saturated heterocycles. The lowest BCUT2D eigenvalue weighted by Crippen LogP contribution is -2.13. The molecule has 0 aliphatic carbocycles. The number of carboxylic acid groups (broad SMARTS) is 1. The first-order valence-corrected chi connectivity index (χ1v) is 3.40. The first-order valence-electron chi connectivity index (χ1n) is 3.40. The summed E-state index contributed by atoms with van der Waals surface area (Å²) in [5, 5.41) is 12.0. The topological polar surface area (TPSA) is 68.1 Å². The zero-order valence-corrected chi connectivity index (χ0v) is 6.56. The Hall–Kier alpha value is -1.52. The molecule has 0 amide bonds. The number of nitrogens with zero attached hydrogens (tertiary/aromatic N) is 1. The second-order valence-corrected chi connectivity index (χ2v) is 2.26. The smallest absolute Gasteiger partial charge is 0.304 e. The van der Waals surface area contributed by atoms with Gasteiger partial charge in [-0.3, -0.25) is 4.79 Å². The van der Waals surface area contributed by atoms with E-state index in [0.29, 0.717) is 5.90 Å². The van der Waals surface area contributed by atoms with Gasteiger partial charge in [-0.15, -0.1) is 0 Å². The summed E-state index contributed by atoms with van der Waals surface area (Å²) in [5.41, 5.74) is 0. The molecule has 1 aliphatic rings. The average Bonchev–Trinajstić information content (AvgIpc) is 2.37. The molecule has 1 atom stereocenters. The van der Waals surface area contributed by atoms with Crippen LogP contribution in [0.15, 0.2) is 17.5 Å². The highest BCUT2D eigenvalue weighted by Gasteiger charge is 2.23. The Morgan fingerprint density at radius 1 is 1.92 bits per heavy atom. The van der Waals surface area contributed by atoms with Crippen LogP contribution < -0.4 is 0 Å². The molecule has 0 aromatic carbocycles. The number of carboxylic acids is 1. The van der Waals surface area contributed by atoms with Gasteiger partial charge in [0.2, 0.25) is 5.90 Å². The first kappa shape index (κ1) is 8.58. The van der Waals surface area contributed by atoms with Crippen molar-refractivity contribution in [3.8, 4) is 0 Å². The minimum atomic E-state index is -0.890. The van der Waals surface area contributed by atoms with Crippen LogP contribution in [0.2, 0.25) is 0 Å². The van der Waals surface area contributed by atoms with Gasteiger partial charge in [-0.25, -0.2) is 0 Å². The number of carbonyl (C=O) groups is 1. The van der Waals surface area contributed by atoms with Crippen LogP contribution in [0, 0.1) is 5.92 Å². The molecule has 0 fully saturated rings. The summed E-state index contributed by atoms with van der Waals surface area (Å²) in [7, 11) is 1.38. The van der Waals surface area contributed by atoms with E-state index < -0.39 is 5.97 Å². The highest BCUT2D eigenvalue weighted by atomic mass is 16.6. The molecule has 0 aromatic heterocycles. The molecule has 5 nitrogen and oxygen atoms in total. The van der Waals surface area contributed by atoms with E-state index in [1.807, 2.05) is 0 Å². The summed E-state index contributed by atoms with van der Waals surface area (Å²) in [6.07, 6.45) is 3.01. The molecular formula is C7H9NO4. The quantitative estimate of drug-likeness (QED) is 0.630. The zero-order chi connectivity index (χ0) is 8.97. The van der Waals surface area contributed by atoms with Crippen LogP contribution in [0.3, 0.4) is 0 Å². The predicted molar refractivity (Wildman–Crippen MR) is 40.4 cm³/mol. The number of oxime groups is 1. The lowest BCUT2D eigenvalue weighted by atomic mass is 10.1. The van der Waals surface area contributed by atoms with Crippen molar-refractivity contribution in [2.75, 3.05) is 7.11 Å². The Balaban J connectivity index is 2.57. The second kappa shape index (κ2) is 3.75. The van der Waals surface area contributed by atoms with Crippen LogP contribution in [0.1, 0.15) is 6.42 Å². The largest absolute Gasteiger partial charge is 0.481 e. The molecule has 5 heteroatoms. The maximum absolute atomic E-state index is 10.3. The van der Waals surface area contributed by atoms with Crippen molar-refractivity contribution in [1.82, 2.24) is 0 Å². The Morgan fingerprint density at radius 3 is 3.25 bits per heavy atom. The SMILES string of the molecule is CON=C1OC=CC1CC(=O)O. The number of ether oxygens (including phenoxy) is 1. The molecule has 1 aliphatic heterocycles. The van der Waals surface area contributed by atoms with Gasteiger partial charge in [-0.05, 0) is 6.08 Å². The van der Waals surface area contributed by atoms with Gasteiger partial charge < -0.3 is 14.7 Å². The fraction of sp³-hybridized carbons (Fsp3) is 0.429. The van der Waals surface area contributed by atoms with Gasteiger partial charge in [0.15, 0.2) is 0 Å².